The number of aromatic nitrogens is 3. The maximum Gasteiger partial charge on any atom is 0.242 e. The molecule has 34 heavy (non-hydrogen) atoms. The van der Waals surface area contributed by atoms with Crippen LogP contribution in [-0.4, -0.2) is 66.4 Å². The normalized spacial score (nSPS) is 17.9. The predicted octanol–water partition coefficient (Wildman–Crippen LogP) is 1.64. The summed E-state index contributed by atoms with van der Waals surface area (Å²) in [6, 6.07) is 3.28. The number of rotatable bonds is 7. The van der Waals surface area contributed by atoms with Gasteiger partial charge in [-0.2, -0.15) is 0 Å². The van der Waals surface area contributed by atoms with Gasteiger partial charge in [-0.3, -0.25) is 9.59 Å². The van der Waals surface area contributed by atoms with Crippen LogP contribution in [0.4, 0.5) is 0 Å². The molecular weight excluding hydrogens is 458 g/mol. The number of benzene rings is 1. The van der Waals surface area contributed by atoms with Crippen molar-refractivity contribution in [3.05, 3.63) is 35.2 Å². The van der Waals surface area contributed by atoms with E-state index < -0.39 is 9.84 Å². The van der Waals surface area contributed by atoms with Gasteiger partial charge in [-0.05, 0) is 43.5 Å². The van der Waals surface area contributed by atoms with E-state index in [1.807, 2.05) is 13.8 Å². The van der Waals surface area contributed by atoms with Gasteiger partial charge < -0.3 is 15.0 Å². The number of ether oxygens (including phenoxy) is 1. The summed E-state index contributed by atoms with van der Waals surface area (Å²) >= 11 is 0. The number of piperidine rings is 1. The highest BCUT2D eigenvalue weighted by Crippen LogP contribution is 2.30. The van der Waals surface area contributed by atoms with Crippen LogP contribution in [0.2, 0.25) is 0 Å². The molecule has 0 radical (unpaired) electrons. The zero-order valence-corrected chi connectivity index (χ0v) is 21.4. The van der Waals surface area contributed by atoms with E-state index in [0.717, 1.165) is 0 Å². The number of hydrogen-bond donors (Lipinski definition) is 1. The van der Waals surface area contributed by atoms with Crippen molar-refractivity contribution in [2.45, 2.75) is 64.3 Å². The van der Waals surface area contributed by atoms with E-state index >= 15 is 0 Å². The first-order chi connectivity index (χ1) is 15.8. The monoisotopic (exact) mass is 491 g/mol. The molecular formula is C23H33N5O5S. The number of carbonyl (C=O) groups excluding carboxylic acids is 2. The van der Waals surface area contributed by atoms with E-state index in [4.69, 9.17) is 4.74 Å². The third-order valence-corrected chi connectivity index (χ3v) is 8.16. The van der Waals surface area contributed by atoms with Gasteiger partial charge in [0.2, 0.25) is 11.8 Å². The molecule has 1 N–H and O–H groups in total. The topological polar surface area (TPSA) is 123 Å². The number of methoxy groups -OCH3 is 1. The van der Waals surface area contributed by atoms with Crippen LogP contribution < -0.4 is 10.1 Å². The standard InChI is InChI=1S/C23H33N5O5S/c1-15-9-19(33-6)10-16(2)22(15)34(31,32)13-18-11-28(26-25-18)12-21(30)24-20-7-8-27(17(3)29)14-23(20,4)5/h9-11,20H,7-8,12-14H2,1-6H3,(H,24,30). The van der Waals surface area contributed by atoms with Crippen molar-refractivity contribution >= 4 is 21.7 Å². The average Bonchev–Trinajstić information content (AvgIpc) is 3.13. The molecule has 1 atom stereocenters. The SMILES string of the molecule is COc1cc(C)c(S(=O)(=O)Cc2cn(CC(=O)NC3CCN(C(C)=O)CC3(C)C)nn2)c(C)c1. The molecule has 186 valence electrons. The minimum absolute atomic E-state index is 0.0305. The van der Waals surface area contributed by atoms with Crippen molar-refractivity contribution in [2.75, 3.05) is 20.2 Å². The van der Waals surface area contributed by atoms with Crippen LogP contribution in [0.15, 0.2) is 23.2 Å². The number of amides is 2. The Kier molecular flexibility index (Phi) is 7.35. The third kappa shape index (κ3) is 5.75. The lowest BCUT2D eigenvalue weighted by Crippen LogP contribution is -2.56. The third-order valence-electron chi connectivity index (χ3n) is 6.22. The molecule has 1 fully saturated rings. The fourth-order valence-electron chi connectivity index (χ4n) is 4.55. The summed E-state index contributed by atoms with van der Waals surface area (Å²) < 4.78 is 32.7. The molecule has 0 spiro atoms. The number of nitrogens with zero attached hydrogens (tertiary/aromatic N) is 4. The molecule has 1 unspecified atom stereocenters. The van der Waals surface area contributed by atoms with E-state index in [-0.39, 0.29) is 46.2 Å². The molecule has 1 saturated heterocycles. The first-order valence-electron chi connectivity index (χ1n) is 11.1. The highest BCUT2D eigenvalue weighted by Gasteiger charge is 2.37. The smallest absolute Gasteiger partial charge is 0.242 e. The van der Waals surface area contributed by atoms with Gasteiger partial charge >= 0.3 is 0 Å². The van der Waals surface area contributed by atoms with E-state index in [0.29, 0.717) is 36.4 Å². The van der Waals surface area contributed by atoms with Gasteiger partial charge in [-0.15, -0.1) is 5.10 Å². The summed E-state index contributed by atoms with van der Waals surface area (Å²) in [7, 11) is -2.13. The predicted molar refractivity (Wildman–Crippen MR) is 126 cm³/mol. The van der Waals surface area contributed by atoms with Crippen molar-refractivity contribution in [1.82, 2.24) is 25.2 Å². The number of likely N-dealkylation sites (tertiary alicyclic amines) is 1. The summed E-state index contributed by atoms with van der Waals surface area (Å²) in [5.74, 6) is 0.0682. The van der Waals surface area contributed by atoms with Crippen molar-refractivity contribution in [2.24, 2.45) is 5.41 Å². The van der Waals surface area contributed by atoms with Crippen LogP contribution in [-0.2, 0) is 31.7 Å². The Morgan fingerprint density at radius 2 is 1.88 bits per heavy atom. The van der Waals surface area contributed by atoms with Crippen LogP contribution in [0.3, 0.4) is 0 Å². The molecule has 11 heteroatoms. The van der Waals surface area contributed by atoms with Gasteiger partial charge in [0.25, 0.3) is 0 Å². The zero-order valence-electron chi connectivity index (χ0n) is 20.6. The van der Waals surface area contributed by atoms with E-state index in [9.17, 15) is 18.0 Å². The Balaban J connectivity index is 1.65. The summed E-state index contributed by atoms with van der Waals surface area (Å²) in [6.07, 6.45) is 2.15. The Bertz CT molecular complexity index is 1170. The Morgan fingerprint density at radius 1 is 1.24 bits per heavy atom. The van der Waals surface area contributed by atoms with E-state index in [1.54, 1.807) is 37.8 Å². The van der Waals surface area contributed by atoms with Gasteiger partial charge in [0, 0.05) is 31.5 Å². The van der Waals surface area contributed by atoms with Crippen LogP contribution in [0.5, 0.6) is 5.75 Å². The minimum atomic E-state index is -3.67. The quantitative estimate of drug-likeness (QED) is 0.624. The lowest BCUT2D eigenvalue weighted by molar-refractivity contribution is -0.133. The summed E-state index contributed by atoms with van der Waals surface area (Å²) in [6.45, 7) is 10.1. The highest BCUT2D eigenvalue weighted by molar-refractivity contribution is 7.90. The van der Waals surface area contributed by atoms with Crippen molar-refractivity contribution in [3.8, 4) is 5.75 Å². The molecule has 1 aromatic carbocycles. The minimum Gasteiger partial charge on any atom is -0.497 e. The van der Waals surface area contributed by atoms with Gasteiger partial charge in [-0.25, -0.2) is 13.1 Å². The van der Waals surface area contributed by atoms with Crippen molar-refractivity contribution in [3.63, 3.8) is 0 Å². The van der Waals surface area contributed by atoms with E-state index in [2.05, 4.69) is 15.6 Å². The number of aryl methyl sites for hydroxylation is 2. The second kappa shape index (κ2) is 9.73. The molecule has 3 rings (SSSR count). The summed E-state index contributed by atoms with van der Waals surface area (Å²) in [5.41, 5.74) is 1.19. The molecule has 2 aromatic rings. The van der Waals surface area contributed by atoms with Gasteiger partial charge in [-0.1, -0.05) is 19.1 Å². The Labute approximate surface area is 200 Å². The molecule has 10 nitrogen and oxygen atoms in total. The maximum absolute atomic E-state index is 13.1. The lowest BCUT2D eigenvalue weighted by Gasteiger charge is -2.44. The van der Waals surface area contributed by atoms with Crippen molar-refractivity contribution < 1.29 is 22.7 Å². The second-order valence-electron chi connectivity index (χ2n) is 9.59. The van der Waals surface area contributed by atoms with Crippen LogP contribution in [0.25, 0.3) is 0 Å². The summed E-state index contributed by atoms with van der Waals surface area (Å²) in [5, 5.41) is 10.9. The van der Waals surface area contributed by atoms with Gasteiger partial charge in [0.1, 0.15) is 18.0 Å². The van der Waals surface area contributed by atoms with Crippen molar-refractivity contribution in [1.29, 1.82) is 0 Å². The number of nitrogens with one attached hydrogen (secondary N) is 1. The first kappa shape index (κ1) is 25.7. The molecule has 0 bridgehead atoms. The molecule has 2 amide bonds. The average molecular weight is 492 g/mol. The van der Waals surface area contributed by atoms with Crippen LogP contribution in [0.1, 0.15) is 44.0 Å². The maximum atomic E-state index is 13.1. The number of sulfone groups is 1. The first-order valence-corrected chi connectivity index (χ1v) is 12.8. The largest absolute Gasteiger partial charge is 0.497 e. The van der Waals surface area contributed by atoms with Gasteiger partial charge in [0.15, 0.2) is 9.84 Å². The zero-order chi connectivity index (χ0) is 25.3. The molecule has 1 aliphatic rings. The fraction of sp³-hybridized carbons (Fsp3) is 0.565. The Morgan fingerprint density at radius 3 is 2.44 bits per heavy atom. The lowest BCUT2D eigenvalue weighted by atomic mass is 9.79. The Hall–Kier alpha value is -2.95. The van der Waals surface area contributed by atoms with Crippen LogP contribution >= 0.6 is 0 Å². The molecule has 0 saturated carbocycles. The summed E-state index contributed by atoms with van der Waals surface area (Å²) in [4.78, 5) is 26.4. The van der Waals surface area contributed by atoms with Crippen LogP contribution in [0, 0.1) is 19.3 Å². The fourth-order valence-corrected chi connectivity index (χ4v) is 6.31. The molecule has 0 aliphatic carbocycles. The molecule has 1 aliphatic heterocycles. The highest BCUT2D eigenvalue weighted by atomic mass is 32.2. The second-order valence-corrected chi connectivity index (χ2v) is 11.5. The molecule has 2 heterocycles. The molecule has 1 aromatic heterocycles. The van der Waals surface area contributed by atoms with E-state index in [1.165, 1.54) is 18.0 Å². The number of carbonyl (C=O) groups is 2. The van der Waals surface area contributed by atoms with Gasteiger partial charge in [0.05, 0.1) is 23.9 Å². The number of hydrogen-bond acceptors (Lipinski definition) is 7.